The summed E-state index contributed by atoms with van der Waals surface area (Å²) < 4.78 is 0. The highest BCUT2D eigenvalue weighted by Crippen LogP contribution is 2.24. The van der Waals surface area contributed by atoms with Gasteiger partial charge < -0.3 is 10.2 Å². The van der Waals surface area contributed by atoms with Crippen LogP contribution in [0, 0.1) is 11.8 Å². The summed E-state index contributed by atoms with van der Waals surface area (Å²) in [6, 6.07) is 0.488. The number of likely N-dealkylation sites (tertiary alicyclic amines) is 1. The molecule has 0 aromatic heterocycles. The third-order valence-corrected chi connectivity index (χ3v) is 3.57. The van der Waals surface area contributed by atoms with Gasteiger partial charge in [0.25, 0.3) is 0 Å². The van der Waals surface area contributed by atoms with Crippen LogP contribution in [0.1, 0.15) is 40.5 Å². The molecule has 1 heterocycles. The molecule has 1 N–H and O–H groups in total. The van der Waals surface area contributed by atoms with Gasteiger partial charge >= 0.3 is 0 Å². The molecule has 94 valence electrons. The van der Waals surface area contributed by atoms with Gasteiger partial charge in [0.05, 0.1) is 0 Å². The first-order valence-electron chi connectivity index (χ1n) is 6.59. The van der Waals surface area contributed by atoms with Gasteiger partial charge in [0, 0.05) is 25.6 Å². The van der Waals surface area contributed by atoms with Gasteiger partial charge in [-0.05, 0) is 24.8 Å². The third kappa shape index (κ3) is 3.48. The van der Waals surface area contributed by atoms with Gasteiger partial charge in [0.1, 0.15) is 0 Å². The second kappa shape index (κ2) is 6.24. The van der Waals surface area contributed by atoms with Crippen molar-refractivity contribution in [2.24, 2.45) is 11.8 Å². The molecule has 1 rings (SSSR count). The first kappa shape index (κ1) is 13.5. The Morgan fingerprint density at radius 1 is 1.38 bits per heavy atom. The topological polar surface area (TPSA) is 32.3 Å². The van der Waals surface area contributed by atoms with Crippen molar-refractivity contribution in [1.82, 2.24) is 10.2 Å². The van der Waals surface area contributed by atoms with Crippen LogP contribution in [0.3, 0.4) is 0 Å². The zero-order valence-electron chi connectivity index (χ0n) is 11.1. The predicted molar refractivity (Wildman–Crippen MR) is 67.3 cm³/mol. The van der Waals surface area contributed by atoms with Crippen LogP contribution in [-0.2, 0) is 4.79 Å². The van der Waals surface area contributed by atoms with Gasteiger partial charge in [-0.15, -0.1) is 0 Å². The molecule has 0 radical (unpaired) electrons. The minimum absolute atomic E-state index is 0.299. The maximum Gasteiger partial charge on any atom is 0.222 e. The molecule has 0 aromatic rings. The predicted octanol–water partition coefficient (Wildman–Crippen LogP) is 1.88. The lowest BCUT2D eigenvalue weighted by Crippen LogP contribution is -2.52. The molecule has 3 nitrogen and oxygen atoms in total. The number of rotatable bonds is 4. The number of nitrogens with one attached hydrogen (secondary N) is 1. The van der Waals surface area contributed by atoms with E-state index < -0.39 is 0 Å². The fraction of sp³-hybridized carbons (Fsp3) is 0.923. The van der Waals surface area contributed by atoms with E-state index in [9.17, 15) is 4.79 Å². The Balaban J connectivity index is 2.62. The number of carbonyl (C=O) groups excluding carboxylic acids is 1. The van der Waals surface area contributed by atoms with Gasteiger partial charge in [0.2, 0.25) is 5.91 Å². The van der Waals surface area contributed by atoms with Gasteiger partial charge in [0.15, 0.2) is 0 Å². The van der Waals surface area contributed by atoms with E-state index in [0.29, 0.717) is 30.2 Å². The average molecular weight is 226 g/mol. The summed E-state index contributed by atoms with van der Waals surface area (Å²) in [5.74, 6) is 1.61. The molecule has 2 unspecified atom stereocenters. The molecular weight excluding hydrogens is 200 g/mol. The van der Waals surface area contributed by atoms with Crippen LogP contribution in [0.5, 0.6) is 0 Å². The first-order chi connectivity index (χ1) is 7.58. The van der Waals surface area contributed by atoms with Gasteiger partial charge in [-0.1, -0.05) is 27.7 Å². The van der Waals surface area contributed by atoms with Crippen LogP contribution >= 0.6 is 0 Å². The summed E-state index contributed by atoms with van der Waals surface area (Å²) in [6.45, 7) is 11.4. The average Bonchev–Trinajstić information content (AvgIpc) is 2.28. The Hall–Kier alpha value is -0.570. The van der Waals surface area contributed by atoms with E-state index in [-0.39, 0.29) is 0 Å². The maximum absolute atomic E-state index is 11.8. The summed E-state index contributed by atoms with van der Waals surface area (Å²) in [5.41, 5.74) is 0. The van der Waals surface area contributed by atoms with Crippen LogP contribution in [0.2, 0.25) is 0 Å². The molecule has 0 aliphatic carbocycles. The monoisotopic (exact) mass is 226 g/mol. The summed E-state index contributed by atoms with van der Waals surface area (Å²) in [5, 5.41) is 3.48. The van der Waals surface area contributed by atoms with E-state index in [1.165, 1.54) is 6.42 Å². The van der Waals surface area contributed by atoms with Crippen molar-refractivity contribution in [3.63, 3.8) is 0 Å². The van der Waals surface area contributed by atoms with Crippen LogP contribution in [0.15, 0.2) is 0 Å². The Morgan fingerprint density at radius 2 is 2.06 bits per heavy atom. The number of nitrogens with zero attached hydrogens (tertiary/aromatic N) is 1. The number of hydrogen-bond donors (Lipinski definition) is 1. The van der Waals surface area contributed by atoms with E-state index in [4.69, 9.17) is 0 Å². The third-order valence-electron chi connectivity index (χ3n) is 3.57. The van der Waals surface area contributed by atoms with Gasteiger partial charge in [-0.3, -0.25) is 4.79 Å². The highest BCUT2D eigenvalue weighted by atomic mass is 16.2. The number of piperidine rings is 1. The Morgan fingerprint density at radius 3 is 2.56 bits per heavy atom. The van der Waals surface area contributed by atoms with Crippen LogP contribution < -0.4 is 5.32 Å². The van der Waals surface area contributed by atoms with E-state index in [1.54, 1.807) is 0 Å². The van der Waals surface area contributed by atoms with Crippen molar-refractivity contribution in [2.75, 3.05) is 19.6 Å². The molecule has 1 fully saturated rings. The van der Waals surface area contributed by atoms with Crippen molar-refractivity contribution in [3.8, 4) is 0 Å². The molecule has 16 heavy (non-hydrogen) atoms. The number of carbonyl (C=O) groups is 1. The highest BCUT2D eigenvalue weighted by Gasteiger charge is 2.30. The second-order valence-corrected chi connectivity index (χ2v) is 5.15. The molecule has 0 saturated carbocycles. The Bertz CT molecular complexity index is 228. The quantitative estimate of drug-likeness (QED) is 0.794. The Kier molecular flexibility index (Phi) is 5.26. The number of amides is 1. The molecule has 0 bridgehead atoms. The normalized spacial score (nSPS) is 26.2. The molecule has 2 atom stereocenters. The van der Waals surface area contributed by atoms with Crippen LogP contribution in [-0.4, -0.2) is 36.5 Å². The maximum atomic E-state index is 11.8. The zero-order chi connectivity index (χ0) is 12.1. The molecule has 1 aliphatic rings. The van der Waals surface area contributed by atoms with E-state index in [1.807, 2.05) is 11.8 Å². The van der Waals surface area contributed by atoms with Crippen molar-refractivity contribution in [1.29, 1.82) is 0 Å². The van der Waals surface area contributed by atoms with E-state index >= 15 is 0 Å². The van der Waals surface area contributed by atoms with Gasteiger partial charge in [-0.2, -0.15) is 0 Å². The van der Waals surface area contributed by atoms with Crippen LogP contribution in [0.4, 0.5) is 0 Å². The van der Waals surface area contributed by atoms with Crippen molar-refractivity contribution < 1.29 is 4.79 Å². The highest BCUT2D eigenvalue weighted by molar-refractivity contribution is 5.76. The largest absolute Gasteiger partial charge is 0.341 e. The standard InChI is InChI=1S/C13H26N2O/c1-5-13(16)15-8-11(10(3)4)7-12(9-15)14-6-2/h10-12,14H,5-9H2,1-4H3. The first-order valence-corrected chi connectivity index (χ1v) is 6.59. The molecule has 1 saturated heterocycles. The summed E-state index contributed by atoms with van der Waals surface area (Å²) >= 11 is 0. The minimum atomic E-state index is 0.299. The smallest absolute Gasteiger partial charge is 0.222 e. The molecule has 1 amide bonds. The summed E-state index contributed by atoms with van der Waals surface area (Å²) in [4.78, 5) is 13.8. The summed E-state index contributed by atoms with van der Waals surface area (Å²) in [6.07, 6.45) is 1.84. The molecule has 3 heteroatoms. The van der Waals surface area contributed by atoms with Crippen LogP contribution in [0.25, 0.3) is 0 Å². The number of likely N-dealkylation sites (N-methyl/N-ethyl adjacent to an activating group) is 1. The molecule has 1 aliphatic heterocycles. The SMILES string of the molecule is CCNC1CC(C(C)C)CN(C(=O)CC)C1. The molecule has 0 aromatic carbocycles. The van der Waals surface area contributed by atoms with Crippen molar-refractivity contribution in [3.05, 3.63) is 0 Å². The van der Waals surface area contributed by atoms with Gasteiger partial charge in [-0.25, -0.2) is 0 Å². The Labute approximate surface area is 99.6 Å². The summed E-state index contributed by atoms with van der Waals surface area (Å²) in [7, 11) is 0. The number of hydrogen-bond acceptors (Lipinski definition) is 2. The fourth-order valence-electron chi connectivity index (χ4n) is 2.48. The fourth-order valence-corrected chi connectivity index (χ4v) is 2.48. The zero-order valence-corrected chi connectivity index (χ0v) is 11.1. The van der Waals surface area contributed by atoms with E-state index in [0.717, 1.165) is 19.6 Å². The molecular formula is C13H26N2O. The second-order valence-electron chi connectivity index (χ2n) is 5.15. The lowest BCUT2D eigenvalue weighted by molar-refractivity contribution is -0.133. The van der Waals surface area contributed by atoms with Crippen molar-refractivity contribution >= 4 is 5.91 Å². The van der Waals surface area contributed by atoms with Crippen molar-refractivity contribution in [2.45, 2.75) is 46.6 Å². The lowest BCUT2D eigenvalue weighted by atomic mass is 9.85. The van der Waals surface area contributed by atoms with E-state index in [2.05, 4.69) is 26.1 Å². The lowest BCUT2D eigenvalue weighted by Gasteiger charge is -2.39. The molecule has 0 spiro atoms. The minimum Gasteiger partial charge on any atom is -0.341 e.